The van der Waals surface area contributed by atoms with Gasteiger partial charge >= 0.3 is 5.97 Å². The molecule has 1 aromatic rings. The molecule has 2 rings (SSSR count). The fourth-order valence-electron chi connectivity index (χ4n) is 2.91. The molecular formula is C17H23NO4. The molecule has 1 aliphatic heterocycles. The van der Waals surface area contributed by atoms with Gasteiger partial charge in [0.1, 0.15) is 5.75 Å². The molecule has 5 nitrogen and oxygen atoms in total. The molecule has 1 atom stereocenters. The average molecular weight is 305 g/mol. The average Bonchev–Trinajstić information content (AvgIpc) is 2.54. The minimum absolute atomic E-state index is 0.110. The maximum absolute atomic E-state index is 12.6. The molecule has 1 unspecified atom stereocenters. The van der Waals surface area contributed by atoms with Crippen molar-refractivity contribution in [1.82, 2.24) is 4.90 Å². The van der Waals surface area contributed by atoms with E-state index in [0.29, 0.717) is 13.1 Å². The lowest BCUT2D eigenvalue weighted by Crippen LogP contribution is -2.40. The Morgan fingerprint density at radius 2 is 1.86 bits per heavy atom. The third-order valence-electron chi connectivity index (χ3n) is 4.38. The van der Waals surface area contributed by atoms with E-state index in [1.807, 2.05) is 36.1 Å². The highest BCUT2D eigenvalue weighted by Crippen LogP contribution is 2.25. The van der Waals surface area contributed by atoms with Crippen molar-refractivity contribution in [1.29, 1.82) is 0 Å². The van der Waals surface area contributed by atoms with Gasteiger partial charge in [0.15, 0.2) is 0 Å². The Morgan fingerprint density at radius 3 is 2.36 bits per heavy atom. The molecule has 1 heterocycles. The van der Waals surface area contributed by atoms with Crippen LogP contribution in [0.4, 0.5) is 0 Å². The summed E-state index contributed by atoms with van der Waals surface area (Å²) in [6.07, 6.45) is 1.75. The summed E-state index contributed by atoms with van der Waals surface area (Å²) in [7, 11) is 1.62. The molecule has 1 aromatic carbocycles. The quantitative estimate of drug-likeness (QED) is 0.907. The van der Waals surface area contributed by atoms with Gasteiger partial charge < -0.3 is 14.7 Å². The zero-order valence-corrected chi connectivity index (χ0v) is 13.1. The van der Waals surface area contributed by atoms with Gasteiger partial charge in [0.25, 0.3) is 0 Å². The minimum Gasteiger partial charge on any atom is -0.497 e. The van der Waals surface area contributed by atoms with Gasteiger partial charge in [0, 0.05) is 19.5 Å². The third-order valence-corrected chi connectivity index (χ3v) is 4.38. The Hall–Kier alpha value is -2.04. The van der Waals surface area contributed by atoms with Gasteiger partial charge in [0.2, 0.25) is 5.91 Å². The molecule has 22 heavy (non-hydrogen) atoms. The van der Waals surface area contributed by atoms with Crippen molar-refractivity contribution >= 4 is 11.9 Å². The fraction of sp³-hybridized carbons (Fsp3) is 0.529. The Balaban J connectivity index is 1.92. The normalized spacial score (nSPS) is 17.1. The van der Waals surface area contributed by atoms with E-state index in [1.165, 1.54) is 0 Å². The zero-order valence-electron chi connectivity index (χ0n) is 13.1. The number of nitrogens with zero attached hydrogens (tertiary/aromatic N) is 1. The zero-order chi connectivity index (χ0) is 16.1. The highest BCUT2D eigenvalue weighted by atomic mass is 16.5. The van der Waals surface area contributed by atoms with Crippen LogP contribution in [0.3, 0.4) is 0 Å². The smallest absolute Gasteiger partial charge is 0.303 e. The largest absolute Gasteiger partial charge is 0.497 e. The van der Waals surface area contributed by atoms with Crippen LogP contribution >= 0.6 is 0 Å². The van der Waals surface area contributed by atoms with Gasteiger partial charge in [-0.05, 0) is 43.4 Å². The number of hydrogen-bond acceptors (Lipinski definition) is 3. The highest BCUT2D eigenvalue weighted by Gasteiger charge is 2.27. The summed E-state index contributed by atoms with van der Waals surface area (Å²) >= 11 is 0. The Labute approximate surface area is 130 Å². The van der Waals surface area contributed by atoms with Crippen molar-refractivity contribution in [3.8, 4) is 5.75 Å². The van der Waals surface area contributed by atoms with Gasteiger partial charge in [-0.3, -0.25) is 9.59 Å². The van der Waals surface area contributed by atoms with Crippen LogP contribution in [0, 0.1) is 5.92 Å². The topological polar surface area (TPSA) is 66.8 Å². The van der Waals surface area contributed by atoms with E-state index < -0.39 is 5.97 Å². The maximum Gasteiger partial charge on any atom is 0.303 e. The van der Waals surface area contributed by atoms with Crippen LogP contribution in [0.1, 0.15) is 37.7 Å². The lowest BCUT2D eigenvalue weighted by atomic mass is 9.92. The molecule has 0 aliphatic carbocycles. The Bertz CT molecular complexity index is 518. The number of piperidine rings is 1. The van der Waals surface area contributed by atoms with E-state index in [0.717, 1.165) is 24.2 Å². The molecular weight excluding hydrogens is 282 g/mol. The van der Waals surface area contributed by atoms with Crippen molar-refractivity contribution in [2.24, 2.45) is 5.92 Å². The van der Waals surface area contributed by atoms with Gasteiger partial charge in [-0.1, -0.05) is 12.1 Å². The number of hydrogen-bond donors (Lipinski definition) is 1. The standard InChI is InChI=1S/C17H23NO4/c1-12(14-3-5-15(22-2)6-4-14)17(21)18-9-7-13(8-10-18)11-16(19)20/h3-6,12-13H,7-11H2,1-2H3,(H,19,20). The molecule has 1 saturated heterocycles. The molecule has 0 radical (unpaired) electrons. The van der Waals surface area contributed by atoms with E-state index in [2.05, 4.69) is 0 Å². The molecule has 120 valence electrons. The van der Waals surface area contributed by atoms with Crippen LogP contribution in [-0.4, -0.2) is 42.1 Å². The molecule has 0 bridgehead atoms. The third kappa shape index (κ3) is 4.00. The fourth-order valence-corrected chi connectivity index (χ4v) is 2.91. The predicted molar refractivity (Wildman–Crippen MR) is 83.0 cm³/mol. The Morgan fingerprint density at radius 1 is 1.27 bits per heavy atom. The second-order valence-corrected chi connectivity index (χ2v) is 5.86. The lowest BCUT2D eigenvalue weighted by molar-refractivity contribution is -0.138. The van der Waals surface area contributed by atoms with E-state index >= 15 is 0 Å². The molecule has 5 heteroatoms. The number of methoxy groups -OCH3 is 1. The molecule has 1 amide bonds. The molecule has 1 aliphatic rings. The summed E-state index contributed by atoms with van der Waals surface area (Å²) in [6, 6.07) is 7.55. The second kappa shape index (κ2) is 7.29. The number of benzene rings is 1. The van der Waals surface area contributed by atoms with Crippen molar-refractivity contribution in [3.63, 3.8) is 0 Å². The second-order valence-electron chi connectivity index (χ2n) is 5.86. The van der Waals surface area contributed by atoms with Crippen molar-refractivity contribution < 1.29 is 19.4 Å². The molecule has 0 aromatic heterocycles. The number of amides is 1. The van der Waals surface area contributed by atoms with Crippen molar-refractivity contribution in [2.75, 3.05) is 20.2 Å². The Kier molecular flexibility index (Phi) is 5.41. The van der Waals surface area contributed by atoms with Crippen molar-refractivity contribution in [2.45, 2.75) is 32.1 Å². The first-order valence-corrected chi connectivity index (χ1v) is 7.65. The van der Waals surface area contributed by atoms with E-state index in [1.54, 1.807) is 7.11 Å². The van der Waals surface area contributed by atoms with Gasteiger partial charge in [-0.2, -0.15) is 0 Å². The summed E-state index contributed by atoms with van der Waals surface area (Å²) in [5.41, 5.74) is 0.971. The number of ether oxygens (including phenoxy) is 1. The number of carboxylic acids is 1. The van der Waals surface area contributed by atoms with E-state index in [-0.39, 0.29) is 24.2 Å². The van der Waals surface area contributed by atoms with Crippen LogP contribution in [0.25, 0.3) is 0 Å². The summed E-state index contributed by atoms with van der Waals surface area (Å²) in [5, 5.41) is 8.83. The predicted octanol–water partition coefficient (Wildman–Crippen LogP) is 2.51. The van der Waals surface area contributed by atoms with Gasteiger partial charge in [-0.25, -0.2) is 0 Å². The molecule has 0 spiro atoms. The van der Waals surface area contributed by atoms with Crippen LogP contribution in [0.15, 0.2) is 24.3 Å². The number of rotatable bonds is 5. The molecule has 1 fully saturated rings. The van der Waals surface area contributed by atoms with Crippen LogP contribution in [0.2, 0.25) is 0 Å². The highest BCUT2D eigenvalue weighted by molar-refractivity contribution is 5.83. The monoisotopic (exact) mass is 305 g/mol. The number of carbonyl (C=O) groups is 2. The van der Waals surface area contributed by atoms with Gasteiger partial charge in [0.05, 0.1) is 13.0 Å². The van der Waals surface area contributed by atoms with Gasteiger partial charge in [-0.15, -0.1) is 0 Å². The maximum atomic E-state index is 12.6. The number of likely N-dealkylation sites (tertiary alicyclic amines) is 1. The van der Waals surface area contributed by atoms with E-state index in [4.69, 9.17) is 9.84 Å². The summed E-state index contributed by atoms with van der Waals surface area (Å²) in [5.74, 6) is 0.132. The summed E-state index contributed by atoms with van der Waals surface area (Å²) in [4.78, 5) is 25.2. The van der Waals surface area contributed by atoms with Crippen LogP contribution in [0.5, 0.6) is 5.75 Å². The number of aliphatic carboxylic acids is 1. The first kappa shape index (κ1) is 16.3. The summed E-state index contributed by atoms with van der Waals surface area (Å²) < 4.78 is 5.13. The van der Waals surface area contributed by atoms with Crippen LogP contribution < -0.4 is 4.74 Å². The SMILES string of the molecule is COc1ccc(C(C)C(=O)N2CCC(CC(=O)O)CC2)cc1. The van der Waals surface area contributed by atoms with Crippen molar-refractivity contribution in [3.05, 3.63) is 29.8 Å². The molecule has 0 saturated carbocycles. The first-order valence-electron chi connectivity index (χ1n) is 7.65. The lowest BCUT2D eigenvalue weighted by Gasteiger charge is -2.33. The van der Waals surface area contributed by atoms with E-state index in [9.17, 15) is 9.59 Å². The van der Waals surface area contributed by atoms with Crippen LogP contribution in [-0.2, 0) is 9.59 Å². The molecule has 1 N–H and O–H groups in total. The first-order chi connectivity index (χ1) is 10.5. The summed E-state index contributed by atoms with van der Waals surface area (Å²) in [6.45, 7) is 3.21. The minimum atomic E-state index is -0.753. The number of carbonyl (C=O) groups excluding carboxylic acids is 1. The number of carboxylic acid groups (broad SMARTS) is 1.